The number of methoxy groups -OCH3 is 1. The van der Waals surface area contributed by atoms with Gasteiger partial charge in [-0.05, 0) is 32.4 Å². The fourth-order valence-corrected chi connectivity index (χ4v) is 1.96. The second kappa shape index (κ2) is 6.40. The van der Waals surface area contributed by atoms with Crippen molar-refractivity contribution in [3.8, 4) is 11.2 Å². The molecule has 0 bridgehead atoms. The molecular weight excluding hydrogens is 391 g/mol. The van der Waals surface area contributed by atoms with E-state index in [1.807, 2.05) is 6.07 Å². The smallest absolute Gasteiger partial charge is 0.337 e. The minimum Gasteiger partial charge on any atom is -0.465 e. The number of hydrogen-bond donors (Lipinski definition) is 0. The van der Waals surface area contributed by atoms with Crippen LogP contribution < -0.4 is 0 Å². The van der Waals surface area contributed by atoms with Crippen molar-refractivity contribution < 1.29 is 9.53 Å². The molecule has 0 aliphatic heterocycles. The molecule has 0 amide bonds. The van der Waals surface area contributed by atoms with Crippen LogP contribution in [-0.4, -0.2) is 13.1 Å². The van der Waals surface area contributed by atoms with Gasteiger partial charge in [-0.15, -0.1) is 0 Å². The average Bonchev–Trinajstić information content (AvgIpc) is 2.24. The monoisotopic (exact) mass is 396 g/mol. The van der Waals surface area contributed by atoms with Crippen LogP contribution in [0.2, 0.25) is 0 Å². The molecule has 15 heavy (non-hydrogen) atoms. The van der Waals surface area contributed by atoms with Gasteiger partial charge in [0.05, 0.1) is 12.7 Å². The molecule has 1 rings (SSSR count). The van der Waals surface area contributed by atoms with Crippen molar-refractivity contribution in [2.45, 2.75) is 0 Å². The van der Waals surface area contributed by atoms with Crippen LogP contribution in [0, 0.1) is 11.2 Å². The summed E-state index contributed by atoms with van der Waals surface area (Å²) in [7, 11) is 2.76. The Morgan fingerprint density at radius 1 is 1.53 bits per heavy atom. The van der Waals surface area contributed by atoms with Crippen LogP contribution in [-0.2, 0) is 4.74 Å². The maximum absolute atomic E-state index is 11.3. The summed E-state index contributed by atoms with van der Waals surface area (Å²) < 4.78 is 5.45. The maximum atomic E-state index is 11.3. The first kappa shape index (κ1) is 12.9. The summed E-state index contributed by atoms with van der Waals surface area (Å²) in [5.41, 5.74) is 1.28. The molecule has 0 unspecified atom stereocenters. The third-order valence-electron chi connectivity index (χ3n) is 1.55. The lowest BCUT2D eigenvalue weighted by Crippen LogP contribution is -2.01. The first-order valence-corrected chi connectivity index (χ1v) is 8.00. The molecule has 0 aliphatic carbocycles. The Labute approximate surface area is 113 Å². The van der Waals surface area contributed by atoms with E-state index in [9.17, 15) is 4.79 Å². The Morgan fingerprint density at radius 2 is 2.27 bits per heavy atom. The van der Waals surface area contributed by atoms with Gasteiger partial charge in [0.25, 0.3) is 0 Å². The lowest BCUT2D eigenvalue weighted by Gasteiger charge is -2.00. The summed E-state index contributed by atoms with van der Waals surface area (Å²) in [5.74, 6) is 2.56. The third kappa shape index (κ3) is 4.05. The van der Waals surface area contributed by atoms with E-state index in [2.05, 4.69) is 53.0 Å². The quantitative estimate of drug-likeness (QED) is 0.412. The minimum atomic E-state index is -0.360. The summed E-state index contributed by atoms with van der Waals surface area (Å²) in [5, 5.41) is 2.86. The summed E-state index contributed by atoms with van der Waals surface area (Å²) in [6.07, 6.45) is 0. The van der Waals surface area contributed by atoms with E-state index in [1.165, 1.54) is 16.0 Å². The predicted molar refractivity (Wildman–Crippen MR) is 74.0 cm³/mol. The molecule has 0 saturated carbocycles. The number of ether oxygens (including phenoxy) is 1. The topological polar surface area (TPSA) is 26.3 Å². The van der Waals surface area contributed by atoms with Gasteiger partial charge in [0.2, 0.25) is 0 Å². The van der Waals surface area contributed by atoms with Gasteiger partial charge in [-0.1, -0.05) is 21.9 Å². The van der Waals surface area contributed by atoms with E-state index in [1.54, 1.807) is 12.1 Å². The van der Waals surface area contributed by atoms with Crippen molar-refractivity contribution in [2.24, 2.45) is 0 Å². The number of benzene rings is 1. The molecule has 5 heteroatoms. The zero-order valence-electron chi connectivity index (χ0n) is 7.71. The van der Waals surface area contributed by atoms with Crippen LogP contribution in [0.4, 0.5) is 0 Å². The summed E-state index contributed by atoms with van der Waals surface area (Å²) >= 11 is 5.41. The molecule has 0 aliphatic rings. The molecule has 0 aromatic heterocycles. The van der Waals surface area contributed by atoms with Gasteiger partial charge in [0.15, 0.2) is 0 Å². The maximum Gasteiger partial charge on any atom is 0.337 e. The van der Waals surface area contributed by atoms with E-state index < -0.39 is 0 Å². The molecule has 0 N–H and O–H groups in total. The Kier molecular flexibility index (Phi) is 5.50. The van der Waals surface area contributed by atoms with Crippen molar-refractivity contribution in [1.82, 2.24) is 0 Å². The first-order valence-electron chi connectivity index (χ1n) is 3.85. The van der Waals surface area contributed by atoms with Crippen LogP contribution in [0.1, 0.15) is 15.9 Å². The number of rotatable bonds is 1. The van der Waals surface area contributed by atoms with Crippen molar-refractivity contribution in [1.29, 1.82) is 0 Å². The highest BCUT2D eigenvalue weighted by molar-refractivity contribution is 14.2. The zero-order chi connectivity index (χ0) is 11.3. The zero-order valence-corrected chi connectivity index (χ0v) is 12.3. The summed E-state index contributed by atoms with van der Waals surface area (Å²) in [4.78, 5) is 11.3. The molecule has 78 valence electrons. The van der Waals surface area contributed by atoms with E-state index >= 15 is 0 Å². The Morgan fingerprint density at radius 3 is 2.87 bits per heavy atom. The third-order valence-corrected chi connectivity index (χ3v) is 2.85. The number of hydrogen-bond acceptors (Lipinski definition) is 3. The number of carbonyl (C=O) groups is 1. The molecule has 0 atom stereocenters. The van der Waals surface area contributed by atoms with Gasteiger partial charge in [-0.3, -0.25) is 0 Å². The number of halogens is 2. The standard InChI is InChI=1S/C10H6BrIO2S/c1-14-10(13)8-4-7(2-3-15-12)5-9(11)6-8/h4-6H,1H3. The van der Waals surface area contributed by atoms with Gasteiger partial charge >= 0.3 is 5.97 Å². The molecule has 1 aromatic rings. The fraction of sp³-hybridized carbons (Fsp3) is 0.100. The molecule has 0 radical (unpaired) electrons. The van der Waals surface area contributed by atoms with Crippen molar-refractivity contribution in [3.05, 3.63) is 33.8 Å². The van der Waals surface area contributed by atoms with Gasteiger partial charge in [0, 0.05) is 31.2 Å². The van der Waals surface area contributed by atoms with Crippen molar-refractivity contribution in [3.63, 3.8) is 0 Å². The van der Waals surface area contributed by atoms with Crippen LogP contribution >= 0.6 is 46.1 Å². The summed E-state index contributed by atoms with van der Waals surface area (Å²) in [6, 6.07) is 5.26. The summed E-state index contributed by atoms with van der Waals surface area (Å²) in [6.45, 7) is 0. The van der Waals surface area contributed by atoms with E-state index in [0.29, 0.717) is 5.56 Å². The van der Waals surface area contributed by atoms with E-state index in [-0.39, 0.29) is 5.97 Å². The lowest BCUT2D eigenvalue weighted by atomic mass is 10.1. The van der Waals surface area contributed by atoms with Crippen molar-refractivity contribution >= 4 is 52.0 Å². The second-order valence-electron chi connectivity index (χ2n) is 2.52. The highest BCUT2D eigenvalue weighted by atomic mass is 127. The Hall–Kier alpha value is -0.190. The second-order valence-corrected chi connectivity index (χ2v) is 5.12. The highest BCUT2D eigenvalue weighted by Gasteiger charge is 2.06. The molecular formula is C10H6BrIO2S. The van der Waals surface area contributed by atoms with Crippen LogP contribution in [0.3, 0.4) is 0 Å². The fourth-order valence-electron chi connectivity index (χ4n) is 0.976. The molecule has 1 aromatic carbocycles. The molecule has 2 nitrogen and oxygen atoms in total. The van der Waals surface area contributed by atoms with Gasteiger partial charge in [0.1, 0.15) is 0 Å². The number of carbonyl (C=O) groups excluding carboxylic acids is 1. The minimum absolute atomic E-state index is 0.360. The largest absolute Gasteiger partial charge is 0.465 e. The van der Waals surface area contributed by atoms with E-state index in [4.69, 9.17) is 0 Å². The molecule has 0 saturated heterocycles. The Bertz CT molecular complexity index is 437. The van der Waals surface area contributed by atoms with Gasteiger partial charge in [-0.2, -0.15) is 0 Å². The Balaban J connectivity index is 3.10. The van der Waals surface area contributed by atoms with Crippen LogP contribution in [0.25, 0.3) is 0 Å². The average molecular weight is 397 g/mol. The van der Waals surface area contributed by atoms with Crippen LogP contribution in [0.5, 0.6) is 0 Å². The molecule has 0 heterocycles. The van der Waals surface area contributed by atoms with Crippen LogP contribution in [0.15, 0.2) is 22.7 Å². The predicted octanol–water partition coefficient (Wildman–Crippen LogP) is 3.63. The SMILES string of the molecule is COC(=O)c1cc(Br)cc(C#CSI)c1. The lowest BCUT2D eigenvalue weighted by molar-refractivity contribution is 0.0600. The van der Waals surface area contributed by atoms with Gasteiger partial charge in [-0.25, -0.2) is 4.79 Å². The first-order chi connectivity index (χ1) is 7.17. The normalized spacial score (nSPS) is 9.00. The molecule has 0 fully saturated rings. The van der Waals surface area contributed by atoms with E-state index in [0.717, 1.165) is 10.0 Å². The van der Waals surface area contributed by atoms with Gasteiger partial charge < -0.3 is 4.74 Å². The highest BCUT2D eigenvalue weighted by Crippen LogP contribution is 2.17. The van der Waals surface area contributed by atoms with Crippen molar-refractivity contribution in [2.75, 3.05) is 7.11 Å². The molecule has 0 spiro atoms. The number of esters is 1.